The summed E-state index contributed by atoms with van der Waals surface area (Å²) in [5.74, 6) is -0.929. The fourth-order valence-electron chi connectivity index (χ4n) is 3.87. The maximum absolute atomic E-state index is 12.1. The van der Waals surface area contributed by atoms with E-state index in [9.17, 15) is 19.5 Å². The molecule has 3 rings (SSSR count). The number of hydrogen-bond acceptors (Lipinski definition) is 7. The van der Waals surface area contributed by atoms with Crippen molar-refractivity contribution in [3.05, 3.63) is 22.7 Å². The van der Waals surface area contributed by atoms with E-state index >= 15 is 0 Å². The average Bonchev–Trinajstić information content (AvgIpc) is 2.63. The van der Waals surface area contributed by atoms with Crippen molar-refractivity contribution in [3.8, 4) is 0 Å². The van der Waals surface area contributed by atoms with Crippen LogP contribution >= 0.6 is 15.9 Å². The monoisotopic (exact) mass is 495 g/mol. The van der Waals surface area contributed by atoms with Crippen molar-refractivity contribution >= 4 is 45.1 Å². The fraction of sp³-hybridized carbons (Fsp3) is 0.591. The topological polar surface area (TPSA) is 108 Å². The van der Waals surface area contributed by atoms with Gasteiger partial charge in [-0.25, -0.2) is 0 Å². The number of aliphatic hydroxyl groups is 1. The van der Waals surface area contributed by atoms with Gasteiger partial charge in [0.2, 0.25) is 11.8 Å². The fourth-order valence-corrected chi connectivity index (χ4v) is 4.50. The van der Waals surface area contributed by atoms with Crippen LogP contribution in [0.2, 0.25) is 0 Å². The zero-order chi connectivity index (χ0) is 22.8. The number of benzene rings is 1. The number of amides is 2. The van der Waals surface area contributed by atoms with E-state index in [0.717, 1.165) is 15.8 Å². The van der Waals surface area contributed by atoms with Gasteiger partial charge in [-0.05, 0) is 74.2 Å². The minimum atomic E-state index is -1.06. The molecule has 1 atom stereocenters. The van der Waals surface area contributed by atoms with E-state index in [-0.39, 0.29) is 24.2 Å². The van der Waals surface area contributed by atoms with E-state index in [1.54, 1.807) is 0 Å². The molecule has 170 valence electrons. The van der Waals surface area contributed by atoms with E-state index in [4.69, 9.17) is 4.74 Å². The Hall–Kier alpha value is -2.13. The molecule has 1 aromatic rings. The van der Waals surface area contributed by atoms with E-state index < -0.39 is 17.2 Å². The molecule has 0 radical (unpaired) electrons. The van der Waals surface area contributed by atoms with Crippen LogP contribution in [0, 0.1) is 0 Å². The first-order valence-corrected chi connectivity index (χ1v) is 11.3. The van der Waals surface area contributed by atoms with Crippen LogP contribution in [-0.4, -0.2) is 53.2 Å². The number of imide groups is 1. The summed E-state index contributed by atoms with van der Waals surface area (Å²) in [6.07, 6.45) is 1.72. The third-order valence-corrected chi connectivity index (χ3v) is 6.09. The van der Waals surface area contributed by atoms with Gasteiger partial charge in [-0.3, -0.25) is 19.7 Å². The summed E-state index contributed by atoms with van der Waals surface area (Å²) in [7, 11) is 0. The number of esters is 1. The molecule has 2 aliphatic heterocycles. The van der Waals surface area contributed by atoms with E-state index in [0.29, 0.717) is 38.8 Å². The summed E-state index contributed by atoms with van der Waals surface area (Å²) >= 11 is 3.60. The number of ether oxygens (including phenoxy) is 1. The van der Waals surface area contributed by atoms with Gasteiger partial charge >= 0.3 is 5.97 Å². The van der Waals surface area contributed by atoms with Gasteiger partial charge in [-0.15, -0.1) is 0 Å². The summed E-state index contributed by atoms with van der Waals surface area (Å²) < 4.78 is 6.21. The smallest absolute Gasteiger partial charge is 0.309 e. The first-order chi connectivity index (χ1) is 14.4. The number of anilines is 2. The normalized spacial score (nSPS) is 21.5. The molecule has 0 spiro atoms. The van der Waals surface area contributed by atoms with Gasteiger partial charge in [-0.1, -0.05) is 0 Å². The largest absolute Gasteiger partial charge is 0.460 e. The van der Waals surface area contributed by atoms with Crippen LogP contribution in [0.15, 0.2) is 22.7 Å². The molecule has 2 aliphatic rings. The number of halogens is 1. The molecule has 2 amide bonds. The van der Waals surface area contributed by atoms with Gasteiger partial charge in [-0.2, -0.15) is 0 Å². The second-order valence-corrected chi connectivity index (χ2v) is 10.1. The number of nitrogens with zero attached hydrogens (tertiary/aromatic N) is 1. The van der Waals surface area contributed by atoms with E-state index in [2.05, 4.69) is 31.5 Å². The number of rotatable bonds is 5. The summed E-state index contributed by atoms with van der Waals surface area (Å²) in [6.45, 7) is 6.66. The minimum Gasteiger partial charge on any atom is -0.460 e. The Morgan fingerprint density at radius 1 is 1.32 bits per heavy atom. The highest BCUT2D eigenvalue weighted by Crippen LogP contribution is 2.35. The lowest BCUT2D eigenvalue weighted by molar-refractivity contribution is -0.161. The number of piperidine rings is 2. The predicted molar refractivity (Wildman–Crippen MR) is 121 cm³/mol. The van der Waals surface area contributed by atoms with Crippen LogP contribution in [-0.2, 0) is 19.1 Å². The van der Waals surface area contributed by atoms with Gasteiger partial charge in [0.15, 0.2) is 0 Å². The number of carbonyl (C=O) groups excluding carboxylic acids is 3. The third kappa shape index (κ3) is 6.43. The average molecular weight is 496 g/mol. The molecule has 2 heterocycles. The van der Waals surface area contributed by atoms with Crippen molar-refractivity contribution < 1.29 is 24.2 Å². The Morgan fingerprint density at radius 3 is 2.58 bits per heavy atom. The van der Waals surface area contributed by atoms with Gasteiger partial charge in [0.05, 0.1) is 17.7 Å². The standard InChI is InChI=1S/C22H30BrN3O5/c1-21(2,3)31-19(28)13-22(30)8-10-26(11-9-22)17-6-4-14(12-15(17)23)24-16-5-7-18(27)25-20(16)29/h4,6,12,16,24,30H,5,7-11,13H2,1-3H3,(H,25,27,29). The Morgan fingerprint density at radius 2 is 2.00 bits per heavy atom. The van der Waals surface area contributed by atoms with E-state index in [1.165, 1.54) is 0 Å². The maximum Gasteiger partial charge on any atom is 0.309 e. The van der Waals surface area contributed by atoms with Crippen LogP contribution in [0.25, 0.3) is 0 Å². The zero-order valence-corrected chi connectivity index (χ0v) is 19.8. The van der Waals surface area contributed by atoms with Gasteiger partial charge in [0.1, 0.15) is 11.6 Å². The Labute approximate surface area is 190 Å². The van der Waals surface area contributed by atoms with Crippen molar-refractivity contribution in [2.75, 3.05) is 23.3 Å². The maximum atomic E-state index is 12.1. The number of carbonyl (C=O) groups is 3. The molecule has 9 heteroatoms. The summed E-state index contributed by atoms with van der Waals surface area (Å²) in [5, 5.41) is 16.3. The van der Waals surface area contributed by atoms with Crippen LogP contribution < -0.4 is 15.5 Å². The van der Waals surface area contributed by atoms with Crippen molar-refractivity contribution in [1.82, 2.24) is 5.32 Å². The van der Waals surface area contributed by atoms with Crippen molar-refractivity contribution in [1.29, 1.82) is 0 Å². The van der Waals surface area contributed by atoms with Crippen LogP contribution in [0.3, 0.4) is 0 Å². The summed E-state index contributed by atoms with van der Waals surface area (Å²) in [5.41, 5.74) is 0.137. The van der Waals surface area contributed by atoms with Gasteiger partial charge < -0.3 is 20.1 Å². The Balaban J connectivity index is 1.57. The van der Waals surface area contributed by atoms with Crippen molar-refractivity contribution in [2.45, 2.75) is 70.1 Å². The zero-order valence-electron chi connectivity index (χ0n) is 18.2. The first kappa shape index (κ1) is 23.5. The van der Waals surface area contributed by atoms with Gasteiger partial charge in [0, 0.05) is 29.7 Å². The molecule has 8 nitrogen and oxygen atoms in total. The highest BCUT2D eigenvalue weighted by molar-refractivity contribution is 9.10. The number of nitrogens with one attached hydrogen (secondary N) is 2. The molecule has 0 aromatic heterocycles. The Kier molecular flexibility index (Phi) is 6.95. The van der Waals surface area contributed by atoms with Crippen LogP contribution in [0.4, 0.5) is 11.4 Å². The molecule has 1 aromatic carbocycles. The lowest BCUT2D eigenvalue weighted by atomic mass is 9.88. The van der Waals surface area contributed by atoms with Crippen LogP contribution in [0.1, 0.15) is 52.9 Å². The second-order valence-electron chi connectivity index (χ2n) is 9.29. The molecule has 2 fully saturated rings. The third-order valence-electron chi connectivity index (χ3n) is 5.46. The van der Waals surface area contributed by atoms with Crippen molar-refractivity contribution in [2.24, 2.45) is 0 Å². The minimum absolute atomic E-state index is 0.00586. The number of hydrogen-bond donors (Lipinski definition) is 3. The van der Waals surface area contributed by atoms with E-state index in [1.807, 2.05) is 39.0 Å². The Bertz CT molecular complexity index is 859. The molecule has 0 saturated carbocycles. The molecular weight excluding hydrogens is 466 g/mol. The lowest BCUT2D eigenvalue weighted by Crippen LogP contribution is -2.47. The molecule has 2 saturated heterocycles. The second kappa shape index (κ2) is 9.16. The highest BCUT2D eigenvalue weighted by Gasteiger charge is 2.36. The molecule has 0 aliphatic carbocycles. The molecule has 1 unspecified atom stereocenters. The molecule has 3 N–H and O–H groups in total. The molecule has 0 bridgehead atoms. The summed E-state index contributed by atoms with van der Waals surface area (Å²) in [6, 6.07) is 5.32. The first-order valence-electron chi connectivity index (χ1n) is 10.5. The lowest BCUT2D eigenvalue weighted by Gasteiger charge is -2.39. The van der Waals surface area contributed by atoms with Crippen LogP contribution in [0.5, 0.6) is 0 Å². The molecular formula is C22H30BrN3O5. The summed E-state index contributed by atoms with van der Waals surface area (Å²) in [4.78, 5) is 37.5. The highest BCUT2D eigenvalue weighted by atomic mass is 79.9. The molecule has 31 heavy (non-hydrogen) atoms. The van der Waals surface area contributed by atoms with Crippen molar-refractivity contribution in [3.63, 3.8) is 0 Å². The predicted octanol–water partition coefficient (Wildman–Crippen LogP) is 2.73. The quantitative estimate of drug-likeness (QED) is 0.425. The van der Waals surface area contributed by atoms with Gasteiger partial charge in [0.25, 0.3) is 0 Å². The SMILES string of the molecule is CC(C)(C)OC(=O)CC1(O)CCN(c2ccc(NC3CCC(=O)NC3=O)cc2Br)CC1.